The lowest BCUT2D eigenvalue weighted by Crippen LogP contribution is -2.32. The number of halogens is 3. The Morgan fingerprint density at radius 2 is 2.03 bits per heavy atom. The molecule has 1 aliphatic rings. The number of hydrogen-bond acceptors (Lipinski definition) is 9. The second-order valence-corrected chi connectivity index (χ2v) is 7.19. The van der Waals surface area contributed by atoms with Crippen molar-refractivity contribution in [1.29, 1.82) is 0 Å². The third kappa shape index (κ3) is 4.48. The van der Waals surface area contributed by atoms with Crippen molar-refractivity contribution in [3.05, 3.63) is 34.5 Å². The van der Waals surface area contributed by atoms with Crippen molar-refractivity contribution in [2.45, 2.75) is 31.0 Å². The number of nitrogens with zero attached hydrogens (tertiary/aromatic N) is 4. The number of methoxy groups -OCH3 is 1. The molecule has 0 saturated heterocycles. The van der Waals surface area contributed by atoms with Crippen LogP contribution in [0.2, 0.25) is 0 Å². The summed E-state index contributed by atoms with van der Waals surface area (Å²) in [6.07, 6.45) is -0.467. The zero-order chi connectivity index (χ0) is 20.4. The molecule has 1 fully saturated rings. The van der Waals surface area contributed by atoms with Gasteiger partial charge in [0.05, 0.1) is 23.5 Å². The number of thiazole rings is 1. The van der Waals surface area contributed by atoms with Crippen LogP contribution in [0, 0.1) is 0 Å². The Morgan fingerprint density at radius 3 is 2.69 bits per heavy atom. The van der Waals surface area contributed by atoms with E-state index in [2.05, 4.69) is 20.1 Å². The molecule has 29 heavy (non-hydrogen) atoms. The van der Waals surface area contributed by atoms with Crippen LogP contribution in [0.5, 0.6) is 11.8 Å². The summed E-state index contributed by atoms with van der Waals surface area (Å²) in [6, 6.07) is 1.56. The molecule has 3 heterocycles. The number of hydrogen-bond donors (Lipinski definition) is 0. The van der Waals surface area contributed by atoms with Gasteiger partial charge in [0.1, 0.15) is 11.8 Å². The van der Waals surface area contributed by atoms with E-state index >= 15 is 0 Å². The van der Waals surface area contributed by atoms with E-state index in [4.69, 9.17) is 18.7 Å². The van der Waals surface area contributed by atoms with Gasteiger partial charge in [0, 0.05) is 18.4 Å². The second kappa shape index (κ2) is 7.95. The van der Waals surface area contributed by atoms with Crippen LogP contribution >= 0.6 is 11.3 Å². The third-order valence-electron chi connectivity index (χ3n) is 4.24. The summed E-state index contributed by atoms with van der Waals surface area (Å²) >= 11 is 1.03. The molecule has 0 radical (unpaired) electrons. The second-order valence-electron chi connectivity index (χ2n) is 6.30. The van der Waals surface area contributed by atoms with Crippen LogP contribution in [0.4, 0.5) is 13.2 Å². The van der Waals surface area contributed by atoms with Crippen LogP contribution in [0.3, 0.4) is 0 Å². The summed E-state index contributed by atoms with van der Waals surface area (Å²) in [6.45, 7) is 0.0469. The van der Waals surface area contributed by atoms with Gasteiger partial charge in [-0.15, -0.1) is 11.3 Å². The Balaban J connectivity index is 1.30. The smallest absolute Gasteiger partial charge is 0.434 e. The highest BCUT2D eigenvalue weighted by Crippen LogP contribution is 2.42. The Labute approximate surface area is 166 Å². The molecule has 0 aromatic carbocycles. The molecule has 3 aromatic heterocycles. The van der Waals surface area contributed by atoms with Gasteiger partial charge in [0.2, 0.25) is 5.88 Å². The molecular weight excluding hydrogens is 413 g/mol. The fraction of sp³-hybridized carbons (Fsp3) is 0.412. The first kappa shape index (κ1) is 19.6. The number of rotatable bonds is 7. The zero-order valence-corrected chi connectivity index (χ0v) is 15.9. The Kier molecular flexibility index (Phi) is 5.37. The number of ether oxygens (including phenoxy) is 3. The van der Waals surface area contributed by atoms with E-state index < -0.39 is 11.9 Å². The predicted molar refractivity (Wildman–Crippen MR) is 93.5 cm³/mol. The number of aromatic nitrogens is 4. The summed E-state index contributed by atoms with van der Waals surface area (Å²) in [4.78, 5) is 12.1. The van der Waals surface area contributed by atoms with Gasteiger partial charge in [0.25, 0.3) is 5.88 Å². The zero-order valence-electron chi connectivity index (χ0n) is 15.0. The lowest BCUT2D eigenvalue weighted by atomic mass is 9.83. The minimum Gasteiger partial charge on any atom is -0.473 e. The van der Waals surface area contributed by atoms with Crippen LogP contribution in [-0.4, -0.2) is 40.1 Å². The molecule has 0 atom stereocenters. The Bertz CT molecular complexity index is 954. The predicted octanol–water partition coefficient (Wildman–Crippen LogP) is 3.91. The van der Waals surface area contributed by atoms with E-state index in [0.717, 1.165) is 16.7 Å². The van der Waals surface area contributed by atoms with E-state index in [-0.39, 0.29) is 24.7 Å². The first-order valence-electron chi connectivity index (χ1n) is 8.52. The summed E-state index contributed by atoms with van der Waals surface area (Å²) in [5.74, 6) is 0.930. The van der Waals surface area contributed by atoms with Crippen LogP contribution < -0.4 is 9.47 Å². The maximum absolute atomic E-state index is 12.6. The van der Waals surface area contributed by atoms with Crippen LogP contribution in [-0.2, 0) is 10.9 Å². The van der Waals surface area contributed by atoms with Crippen molar-refractivity contribution >= 4 is 11.3 Å². The molecule has 0 bridgehead atoms. The van der Waals surface area contributed by atoms with Gasteiger partial charge in [-0.1, -0.05) is 0 Å². The van der Waals surface area contributed by atoms with E-state index in [9.17, 15) is 13.2 Å². The molecule has 1 saturated carbocycles. The number of alkyl halides is 3. The van der Waals surface area contributed by atoms with Crippen LogP contribution in [0.1, 0.15) is 29.5 Å². The average Bonchev–Trinajstić information content (AvgIpc) is 3.32. The van der Waals surface area contributed by atoms with E-state index in [1.165, 1.54) is 19.5 Å². The van der Waals surface area contributed by atoms with Crippen molar-refractivity contribution in [2.24, 2.45) is 0 Å². The molecule has 1 aliphatic carbocycles. The molecule has 0 N–H and O–H groups in total. The summed E-state index contributed by atoms with van der Waals surface area (Å²) in [5.41, 5.74) is -0.391. The normalized spacial score (nSPS) is 19.0. The highest BCUT2D eigenvalue weighted by atomic mass is 32.1. The highest BCUT2D eigenvalue weighted by molar-refractivity contribution is 7.09. The average molecular weight is 428 g/mol. The topological polar surface area (TPSA) is 92.4 Å². The highest BCUT2D eigenvalue weighted by Gasteiger charge is 2.38. The quantitative estimate of drug-likeness (QED) is 0.523. The van der Waals surface area contributed by atoms with Gasteiger partial charge in [-0.3, -0.25) is 0 Å². The van der Waals surface area contributed by atoms with Crippen LogP contribution in [0.15, 0.2) is 28.4 Å². The van der Waals surface area contributed by atoms with Gasteiger partial charge >= 0.3 is 6.18 Å². The molecule has 0 aliphatic heterocycles. The maximum Gasteiger partial charge on any atom is 0.434 e. The van der Waals surface area contributed by atoms with Crippen molar-refractivity contribution in [3.8, 4) is 23.2 Å². The van der Waals surface area contributed by atoms with Gasteiger partial charge in [-0.25, -0.2) is 15.0 Å². The van der Waals surface area contributed by atoms with Crippen molar-refractivity contribution in [1.82, 2.24) is 20.1 Å². The SMILES string of the molecule is COCOc1cc(-c2cnc(OC3CC(c4nc(C(F)(F)F)cs4)C3)cn2)on1. The Morgan fingerprint density at radius 1 is 1.21 bits per heavy atom. The largest absolute Gasteiger partial charge is 0.473 e. The molecule has 0 amide bonds. The van der Waals surface area contributed by atoms with Gasteiger partial charge in [0.15, 0.2) is 18.2 Å². The Hall–Kier alpha value is -2.73. The summed E-state index contributed by atoms with van der Waals surface area (Å²) < 4.78 is 58.7. The molecule has 0 spiro atoms. The summed E-state index contributed by atoms with van der Waals surface area (Å²) in [7, 11) is 1.49. The van der Waals surface area contributed by atoms with E-state index in [1.807, 2.05) is 0 Å². The molecule has 12 heteroatoms. The van der Waals surface area contributed by atoms with E-state index in [1.54, 1.807) is 6.07 Å². The van der Waals surface area contributed by atoms with Gasteiger partial charge in [-0.2, -0.15) is 13.2 Å². The first-order chi connectivity index (χ1) is 13.9. The monoisotopic (exact) mass is 428 g/mol. The lowest BCUT2D eigenvalue weighted by Gasteiger charge is -2.33. The molecule has 3 aromatic rings. The van der Waals surface area contributed by atoms with Crippen LogP contribution in [0.25, 0.3) is 11.5 Å². The van der Waals surface area contributed by atoms with E-state index in [0.29, 0.717) is 35.2 Å². The van der Waals surface area contributed by atoms with Gasteiger partial charge in [-0.05, 0) is 18.0 Å². The molecule has 4 rings (SSSR count). The fourth-order valence-corrected chi connectivity index (χ4v) is 3.67. The standard InChI is InChI=1S/C17H15F3N4O4S/c1-25-8-26-14-4-12(28-24-14)11-5-22-15(6-21-11)27-10-2-9(3-10)16-23-13(7-29-16)17(18,19)20/h4-7,9-10H,2-3,8H2,1H3. The van der Waals surface area contributed by atoms with Crippen molar-refractivity contribution < 1.29 is 31.9 Å². The van der Waals surface area contributed by atoms with Gasteiger partial charge < -0.3 is 18.7 Å². The maximum atomic E-state index is 12.6. The molecule has 8 nitrogen and oxygen atoms in total. The lowest BCUT2D eigenvalue weighted by molar-refractivity contribution is -0.140. The molecular formula is C17H15F3N4O4S. The molecule has 0 unspecified atom stereocenters. The minimum atomic E-state index is -4.41. The first-order valence-corrected chi connectivity index (χ1v) is 9.40. The summed E-state index contributed by atoms with van der Waals surface area (Å²) in [5, 5.41) is 5.25. The minimum absolute atomic E-state index is 0.0342. The molecule has 154 valence electrons. The van der Waals surface area contributed by atoms with Crippen molar-refractivity contribution in [3.63, 3.8) is 0 Å². The third-order valence-corrected chi connectivity index (χ3v) is 5.24. The van der Waals surface area contributed by atoms with Crippen molar-refractivity contribution in [2.75, 3.05) is 13.9 Å². The fourth-order valence-electron chi connectivity index (χ4n) is 2.71.